The van der Waals surface area contributed by atoms with Gasteiger partial charge in [-0.15, -0.1) is 0 Å². The minimum Gasteiger partial charge on any atom is -0.369 e. The number of rotatable bonds is 2. The van der Waals surface area contributed by atoms with Gasteiger partial charge < -0.3 is 10.3 Å². The van der Waals surface area contributed by atoms with Crippen molar-refractivity contribution in [1.82, 2.24) is 9.55 Å². The Morgan fingerprint density at radius 2 is 2.17 bits per heavy atom. The molecule has 0 bridgehead atoms. The molecular weight excluding hydrogens is 266 g/mol. The zero-order chi connectivity index (χ0) is 12.5. The first-order chi connectivity index (χ1) is 8.74. The Bertz CT molecular complexity index is 561. The average Bonchev–Trinajstić information content (AvgIpc) is 2.67. The second kappa shape index (κ2) is 5.02. The van der Waals surface area contributed by atoms with E-state index in [1.807, 2.05) is 30.0 Å². The molecule has 1 saturated heterocycles. The minimum absolute atomic E-state index is 0.602. The third-order valence-electron chi connectivity index (χ3n) is 3.52. The van der Waals surface area contributed by atoms with Crippen molar-refractivity contribution in [3.8, 4) is 0 Å². The number of halogens is 1. The Labute approximate surface area is 116 Å². The van der Waals surface area contributed by atoms with E-state index in [1.54, 1.807) is 0 Å². The van der Waals surface area contributed by atoms with Gasteiger partial charge in [-0.2, -0.15) is 11.8 Å². The molecule has 0 amide bonds. The lowest BCUT2D eigenvalue weighted by molar-refractivity contribution is 0.425. The molecule has 1 fully saturated rings. The molecule has 96 valence electrons. The monoisotopic (exact) mass is 281 g/mol. The van der Waals surface area contributed by atoms with Gasteiger partial charge in [0.1, 0.15) is 0 Å². The van der Waals surface area contributed by atoms with Crippen molar-refractivity contribution in [2.75, 3.05) is 17.2 Å². The number of hydrogen-bond donors (Lipinski definition) is 1. The van der Waals surface area contributed by atoms with E-state index in [0.29, 0.717) is 11.9 Å². The standard InChI is InChI=1S/C13H16ClN3S/c14-10-1-2-11-12(7-10)17(13(15)16-11)8-9-3-5-18-6-4-9/h1-2,7,9H,3-6,8H2,(H2,15,16). The maximum atomic E-state index is 6.06. The molecule has 2 N–H and O–H groups in total. The van der Waals surface area contributed by atoms with Crippen molar-refractivity contribution in [3.05, 3.63) is 23.2 Å². The molecule has 2 aromatic rings. The number of nitrogen functional groups attached to an aromatic ring is 1. The summed E-state index contributed by atoms with van der Waals surface area (Å²) in [5.41, 5.74) is 8.01. The molecule has 1 aliphatic heterocycles. The van der Waals surface area contributed by atoms with Gasteiger partial charge in [0, 0.05) is 11.6 Å². The summed E-state index contributed by atoms with van der Waals surface area (Å²) in [5, 5.41) is 0.739. The lowest BCUT2D eigenvalue weighted by atomic mass is 10.0. The van der Waals surface area contributed by atoms with E-state index in [-0.39, 0.29) is 0 Å². The van der Waals surface area contributed by atoms with Gasteiger partial charge in [-0.3, -0.25) is 0 Å². The number of imidazole rings is 1. The van der Waals surface area contributed by atoms with Crippen LogP contribution in [-0.2, 0) is 6.54 Å². The van der Waals surface area contributed by atoms with Crippen LogP contribution >= 0.6 is 23.4 Å². The number of nitrogens with two attached hydrogens (primary N) is 1. The van der Waals surface area contributed by atoms with Crippen molar-refractivity contribution < 1.29 is 0 Å². The molecule has 3 nitrogen and oxygen atoms in total. The predicted octanol–water partition coefficient (Wildman–Crippen LogP) is 3.42. The predicted molar refractivity (Wildman–Crippen MR) is 79.2 cm³/mol. The van der Waals surface area contributed by atoms with Crippen molar-refractivity contribution in [2.24, 2.45) is 5.92 Å². The average molecular weight is 282 g/mol. The zero-order valence-electron chi connectivity index (χ0n) is 10.1. The van der Waals surface area contributed by atoms with E-state index >= 15 is 0 Å². The summed E-state index contributed by atoms with van der Waals surface area (Å²) < 4.78 is 2.11. The molecule has 0 saturated carbocycles. The summed E-state index contributed by atoms with van der Waals surface area (Å²) in [7, 11) is 0. The Morgan fingerprint density at radius 1 is 1.39 bits per heavy atom. The zero-order valence-corrected chi connectivity index (χ0v) is 11.7. The fourth-order valence-electron chi connectivity index (χ4n) is 2.49. The fourth-order valence-corrected chi connectivity index (χ4v) is 3.86. The molecule has 0 spiro atoms. The summed E-state index contributed by atoms with van der Waals surface area (Å²) in [5.74, 6) is 3.84. The topological polar surface area (TPSA) is 43.8 Å². The van der Waals surface area contributed by atoms with Crippen molar-refractivity contribution >= 4 is 40.3 Å². The molecule has 2 heterocycles. The number of benzene rings is 1. The molecule has 1 aliphatic rings. The number of hydrogen-bond acceptors (Lipinski definition) is 3. The van der Waals surface area contributed by atoms with Gasteiger partial charge in [-0.05, 0) is 48.5 Å². The van der Waals surface area contributed by atoms with Gasteiger partial charge in [-0.1, -0.05) is 11.6 Å². The smallest absolute Gasteiger partial charge is 0.201 e. The fraction of sp³-hybridized carbons (Fsp3) is 0.462. The third-order valence-corrected chi connectivity index (χ3v) is 4.81. The number of nitrogens with zero attached hydrogens (tertiary/aromatic N) is 2. The minimum atomic E-state index is 0.602. The molecule has 0 radical (unpaired) electrons. The van der Waals surface area contributed by atoms with Crippen LogP contribution in [0.3, 0.4) is 0 Å². The van der Waals surface area contributed by atoms with E-state index in [4.69, 9.17) is 17.3 Å². The van der Waals surface area contributed by atoms with Gasteiger partial charge in [0.05, 0.1) is 11.0 Å². The van der Waals surface area contributed by atoms with Crippen LogP contribution in [-0.4, -0.2) is 21.1 Å². The molecule has 5 heteroatoms. The van der Waals surface area contributed by atoms with Crippen molar-refractivity contribution in [3.63, 3.8) is 0 Å². The number of aromatic nitrogens is 2. The number of thioether (sulfide) groups is 1. The first kappa shape index (κ1) is 12.2. The maximum Gasteiger partial charge on any atom is 0.201 e. The molecule has 1 aromatic carbocycles. The molecule has 0 atom stereocenters. The maximum absolute atomic E-state index is 6.06. The molecule has 3 rings (SSSR count). The van der Waals surface area contributed by atoms with E-state index < -0.39 is 0 Å². The molecule has 0 aliphatic carbocycles. The van der Waals surface area contributed by atoms with Gasteiger partial charge in [0.25, 0.3) is 0 Å². The van der Waals surface area contributed by atoms with Gasteiger partial charge in [0.2, 0.25) is 5.95 Å². The highest BCUT2D eigenvalue weighted by molar-refractivity contribution is 7.99. The Hall–Kier alpha value is -0.870. The Kier molecular flexibility index (Phi) is 3.39. The van der Waals surface area contributed by atoms with Crippen molar-refractivity contribution in [1.29, 1.82) is 0 Å². The van der Waals surface area contributed by atoms with E-state index in [1.165, 1.54) is 24.3 Å². The first-order valence-corrected chi connectivity index (χ1v) is 7.76. The molecule has 18 heavy (non-hydrogen) atoms. The van der Waals surface area contributed by atoms with E-state index in [0.717, 1.165) is 22.6 Å². The SMILES string of the molecule is Nc1nc2ccc(Cl)cc2n1CC1CCSCC1. The van der Waals surface area contributed by atoms with E-state index in [9.17, 15) is 0 Å². The summed E-state index contributed by atoms with van der Waals surface area (Å²) in [4.78, 5) is 4.40. The van der Waals surface area contributed by atoms with Gasteiger partial charge >= 0.3 is 0 Å². The number of anilines is 1. The van der Waals surface area contributed by atoms with Crippen LogP contribution in [0.15, 0.2) is 18.2 Å². The van der Waals surface area contributed by atoms with Crippen molar-refractivity contribution in [2.45, 2.75) is 19.4 Å². The van der Waals surface area contributed by atoms with Crippen LogP contribution in [0.1, 0.15) is 12.8 Å². The summed E-state index contributed by atoms with van der Waals surface area (Å²) in [6, 6.07) is 5.75. The second-order valence-electron chi connectivity index (χ2n) is 4.77. The normalized spacial score (nSPS) is 17.4. The van der Waals surface area contributed by atoms with Crippen LogP contribution in [0.4, 0.5) is 5.95 Å². The Balaban J connectivity index is 1.94. The van der Waals surface area contributed by atoms with Gasteiger partial charge in [-0.25, -0.2) is 4.98 Å². The van der Waals surface area contributed by atoms with Crippen LogP contribution in [0.5, 0.6) is 0 Å². The van der Waals surface area contributed by atoms with Crippen LogP contribution < -0.4 is 5.73 Å². The molecule has 0 unspecified atom stereocenters. The summed E-state index contributed by atoms with van der Waals surface area (Å²) in [6.07, 6.45) is 2.54. The third kappa shape index (κ3) is 2.31. The lowest BCUT2D eigenvalue weighted by Crippen LogP contribution is -2.17. The molecular formula is C13H16ClN3S. The lowest BCUT2D eigenvalue weighted by Gasteiger charge is -2.22. The summed E-state index contributed by atoms with van der Waals surface area (Å²) in [6.45, 7) is 0.962. The first-order valence-electron chi connectivity index (χ1n) is 6.23. The Morgan fingerprint density at radius 3 is 2.94 bits per heavy atom. The number of fused-ring (bicyclic) bond motifs is 1. The second-order valence-corrected chi connectivity index (χ2v) is 6.43. The molecule has 1 aromatic heterocycles. The van der Waals surface area contributed by atoms with Crippen LogP contribution in [0, 0.1) is 5.92 Å². The van der Waals surface area contributed by atoms with Gasteiger partial charge in [0.15, 0.2) is 0 Å². The van der Waals surface area contributed by atoms with Crippen LogP contribution in [0.25, 0.3) is 11.0 Å². The van der Waals surface area contributed by atoms with E-state index in [2.05, 4.69) is 9.55 Å². The van der Waals surface area contributed by atoms with Crippen LogP contribution in [0.2, 0.25) is 5.02 Å². The summed E-state index contributed by atoms with van der Waals surface area (Å²) >= 11 is 8.10. The highest BCUT2D eigenvalue weighted by Crippen LogP contribution is 2.28. The highest BCUT2D eigenvalue weighted by Gasteiger charge is 2.17. The quantitative estimate of drug-likeness (QED) is 0.917. The largest absolute Gasteiger partial charge is 0.369 e. The highest BCUT2D eigenvalue weighted by atomic mass is 35.5.